The topological polar surface area (TPSA) is 66.5 Å². The van der Waals surface area contributed by atoms with Crippen LogP contribution in [0.3, 0.4) is 0 Å². The number of hydrogen-bond donors (Lipinski definition) is 1. The molecule has 1 fully saturated rings. The number of nitrogens with one attached hydrogen (secondary N) is 1. The van der Waals surface area contributed by atoms with Crippen LogP contribution in [-0.2, 0) is 9.84 Å². The number of carbonyl (C=O) groups excluding carboxylic acids is 1. The van der Waals surface area contributed by atoms with Gasteiger partial charge in [0.15, 0.2) is 9.84 Å². The SMILES string of the molecule is CS(=O)(=O)c1ccc(NC(=O)N2CCCCC2)cc1. The second-order valence-corrected chi connectivity index (χ2v) is 6.79. The van der Waals surface area contributed by atoms with Gasteiger partial charge in [0.25, 0.3) is 0 Å². The summed E-state index contributed by atoms with van der Waals surface area (Å²) in [5, 5.41) is 2.78. The van der Waals surface area contributed by atoms with Crippen LogP contribution in [0, 0.1) is 0 Å². The van der Waals surface area contributed by atoms with Gasteiger partial charge in [-0.1, -0.05) is 0 Å². The predicted octanol–water partition coefficient (Wildman–Crippen LogP) is 2.11. The second-order valence-electron chi connectivity index (χ2n) is 4.77. The van der Waals surface area contributed by atoms with Crippen molar-refractivity contribution in [2.75, 3.05) is 24.7 Å². The highest BCUT2D eigenvalue weighted by atomic mass is 32.2. The smallest absolute Gasteiger partial charge is 0.321 e. The van der Waals surface area contributed by atoms with Gasteiger partial charge >= 0.3 is 6.03 Å². The lowest BCUT2D eigenvalue weighted by atomic mass is 10.1. The molecule has 0 spiro atoms. The first-order valence-corrected chi connectivity index (χ1v) is 8.22. The van der Waals surface area contributed by atoms with Crippen LogP contribution in [0.2, 0.25) is 0 Å². The fourth-order valence-corrected chi connectivity index (χ4v) is 2.72. The van der Waals surface area contributed by atoms with Crippen molar-refractivity contribution in [2.24, 2.45) is 0 Å². The van der Waals surface area contributed by atoms with E-state index in [9.17, 15) is 13.2 Å². The van der Waals surface area contributed by atoms with Gasteiger partial charge < -0.3 is 10.2 Å². The molecule has 2 rings (SSSR count). The maximum Gasteiger partial charge on any atom is 0.321 e. The number of carbonyl (C=O) groups is 1. The van der Waals surface area contributed by atoms with Gasteiger partial charge in [-0.25, -0.2) is 13.2 Å². The fourth-order valence-electron chi connectivity index (χ4n) is 2.08. The average Bonchev–Trinajstić information content (AvgIpc) is 2.39. The van der Waals surface area contributed by atoms with E-state index in [2.05, 4.69) is 5.32 Å². The Labute approximate surface area is 113 Å². The fraction of sp³-hybridized carbons (Fsp3) is 0.462. The third-order valence-corrected chi connectivity index (χ3v) is 4.31. The van der Waals surface area contributed by atoms with Gasteiger partial charge in [-0.15, -0.1) is 0 Å². The molecule has 6 heteroatoms. The molecule has 1 aliphatic rings. The third-order valence-electron chi connectivity index (χ3n) is 3.18. The van der Waals surface area contributed by atoms with Crippen molar-refractivity contribution in [1.82, 2.24) is 4.90 Å². The average molecular weight is 282 g/mol. The number of anilines is 1. The van der Waals surface area contributed by atoms with E-state index in [1.165, 1.54) is 18.6 Å². The summed E-state index contributed by atoms with van der Waals surface area (Å²) in [4.78, 5) is 14.0. The molecule has 1 aromatic rings. The number of nitrogens with zero attached hydrogens (tertiary/aromatic N) is 1. The first-order chi connectivity index (χ1) is 8.97. The van der Waals surface area contributed by atoms with Crippen molar-refractivity contribution < 1.29 is 13.2 Å². The van der Waals surface area contributed by atoms with E-state index in [1.54, 1.807) is 17.0 Å². The normalized spacial score (nSPS) is 16.2. The molecular weight excluding hydrogens is 264 g/mol. The third kappa shape index (κ3) is 3.70. The molecule has 2 amide bonds. The molecule has 1 aliphatic heterocycles. The minimum absolute atomic E-state index is 0.119. The Morgan fingerprint density at radius 2 is 1.68 bits per heavy atom. The highest BCUT2D eigenvalue weighted by Gasteiger charge is 2.16. The molecule has 0 bridgehead atoms. The zero-order chi connectivity index (χ0) is 13.9. The summed E-state index contributed by atoms with van der Waals surface area (Å²) in [6.45, 7) is 1.57. The van der Waals surface area contributed by atoms with Crippen LogP contribution in [0.25, 0.3) is 0 Å². The van der Waals surface area contributed by atoms with Crippen molar-refractivity contribution in [3.05, 3.63) is 24.3 Å². The zero-order valence-electron chi connectivity index (χ0n) is 10.9. The highest BCUT2D eigenvalue weighted by molar-refractivity contribution is 7.90. The number of likely N-dealkylation sites (tertiary alicyclic amines) is 1. The lowest BCUT2D eigenvalue weighted by Crippen LogP contribution is -2.38. The summed E-state index contributed by atoms with van der Waals surface area (Å²) in [5.74, 6) is 0. The van der Waals surface area contributed by atoms with Crippen LogP contribution < -0.4 is 5.32 Å². The van der Waals surface area contributed by atoms with E-state index in [-0.39, 0.29) is 10.9 Å². The van der Waals surface area contributed by atoms with Crippen molar-refractivity contribution >= 4 is 21.6 Å². The Morgan fingerprint density at radius 1 is 1.11 bits per heavy atom. The van der Waals surface area contributed by atoms with Gasteiger partial charge in [0.2, 0.25) is 0 Å². The molecule has 1 aromatic carbocycles. The van der Waals surface area contributed by atoms with Gasteiger partial charge in [0, 0.05) is 25.0 Å². The summed E-state index contributed by atoms with van der Waals surface area (Å²) < 4.78 is 22.6. The van der Waals surface area contributed by atoms with Gasteiger partial charge in [0.05, 0.1) is 4.90 Å². The minimum Gasteiger partial charge on any atom is -0.325 e. The Bertz CT molecular complexity index is 546. The van der Waals surface area contributed by atoms with Crippen LogP contribution in [0.1, 0.15) is 19.3 Å². The molecule has 0 atom stereocenters. The van der Waals surface area contributed by atoms with Crippen molar-refractivity contribution in [2.45, 2.75) is 24.2 Å². The standard InChI is InChI=1S/C13H18N2O3S/c1-19(17,18)12-7-5-11(6-8-12)14-13(16)15-9-3-2-4-10-15/h5-8H,2-4,9-10H2,1H3,(H,14,16). The number of amides is 2. The molecule has 0 aliphatic carbocycles. The molecule has 104 valence electrons. The van der Waals surface area contributed by atoms with E-state index in [1.807, 2.05) is 0 Å². The Morgan fingerprint density at radius 3 is 2.21 bits per heavy atom. The van der Waals surface area contributed by atoms with Gasteiger partial charge in [0.1, 0.15) is 0 Å². The summed E-state index contributed by atoms with van der Waals surface area (Å²) in [6.07, 6.45) is 4.42. The first kappa shape index (κ1) is 13.9. The number of piperidine rings is 1. The van der Waals surface area contributed by atoms with Crippen LogP contribution >= 0.6 is 0 Å². The molecule has 0 saturated carbocycles. The lowest BCUT2D eigenvalue weighted by Gasteiger charge is -2.26. The first-order valence-electron chi connectivity index (χ1n) is 6.33. The molecule has 0 radical (unpaired) electrons. The molecule has 0 unspecified atom stereocenters. The van der Waals surface area contributed by atoms with Crippen LogP contribution in [0.5, 0.6) is 0 Å². The van der Waals surface area contributed by atoms with Crippen molar-refractivity contribution in [3.63, 3.8) is 0 Å². The summed E-state index contributed by atoms with van der Waals surface area (Å²) in [7, 11) is -3.19. The monoisotopic (exact) mass is 282 g/mol. The number of benzene rings is 1. The zero-order valence-corrected chi connectivity index (χ0v) is 11.7. The largest absolute Gasteiger partial charge is 0.325 e. The van der Waals surface area contributed by atoms with Crippen molar-refractivity contribution in [3.8, 4) is 0 Å². The molecule has 0 aromatic heterocycles. The van der Waals surface area contributed by atoms with E-state index in [4.69, 9.17) is 0 Å². The summed E-state index contributed by atoms with van der Waals surface area (Å²) >= 11 is 0. The van der Waals surface area contributed by atoms with E-state index >= 15 is 0 Å². The maximum absolute atomic E-state index is 11.9. The molecule has 1 heterocycles. The van der Waals surface area contributed by atoms with Crippen molar-refractivity contribution in [1.29, 1.82) is 0 Å². The Hall–Kier alpha value is -1.56. The molecule has 19 heavy (non-hydrogen) atoms. The summed E-state index contributed by atoms with van der Waals surface area (Å²) in [5.41, 5.74) is 0.614. The van der Waals surface area contributed by atoms with E-state index in [0.717, 1.165) is 32.2 Å². The second kappa shape index (κ2) is 5.61. The van der Waals surface area contributed by atoms with Gasteiger partial charge in [-0.3, -0.25) is 0 Å². The van der Waals surface area contributed by atoms with Crippen LogP contribution in [0.4, 0.5) is 10.5 Å². The molecule has 1 N–H and O–H groups in total. The van der Waals surface area contributed by atoms with E-state index < -0.39 is 9.84 Å². The number of hydrogen-bond acceptors (Lipinski definition) is 3. The molecule has 5 nitrogen and oxygen atoms in total. The molecular formula is C13H18N2O3S. The van der Waals surface area contributed by atoms with Crippen LogP contribution in [-0.4, -0.2) is 38.7 Å². The maximum atomic E-state index is 11.9. The quantitative estimate of drug-likeness (QED) is 0.903. The highest BCUT2D eigenvalue weighted by Crippen LogP contribution is 2.15. The predicted molar refractivity (Wildman–Crippen MR) is 74.0 cm³/mol. The molecule has 1 saturated heterocycles. The Kier molecular flexibility index (Phi) is 4.09. The van der Waals surface area contributed by atoms with Gasteiger partial charge in [-0.05, 0) is 43.5 Å². The van der Waals surface area contributed by atoms with Gasteiger partial charge in [-0.2, -0.15) is 0 Å². The van der Waals surface area contributed by atoms with Crippen LogP contribution in [0.15, 0.2) is 29.2 Å². The lowest BCUT2D eigenvalue weighted by molar-refractivity contribution is 0.200. The number of rotatable bonds is 2. The summed E-state index contributed by atoms with van der Waals surface area (Å²) in [6, 6.07) is 6.10. The number of urea groups is 1. The Balaban J connectivity index is 2.01. The van der Waals surface area contributed by atoms with E-state index in [0.29, 0.717) is 5.69 Å². The number of sulfone groups is 1. The minimum atomic E-state index is -3.19.